The second-order valence-corrected chi connectivity index (χ2v) is 11.1. The average molecular weight is 443 g/mol. The number of amides is 1. The van der Waals surface area contributed by atoms with Crippen LogP contribution < -0.4 is 0 Å². The Hall–Kier alpha value is -1.85. The van der Waals surface area contributed by atoms with E-state index in [-0.39, 0.29) is 22.5 Å². The third kappa shape index (κ3) is 6.56. The molecule has 1 atom stereocenters. The number of nitrogens with zero attached hydrogens (tertiary/aromatic N) is 2. The summed E-state index contributed by atoms with van der Waals surface area (Å²) in [6, 6.07) is 15.3. The van der Waals surface area contributed by atoms with Gasteiger partial charge in [-0.05, 0) is 40.2 Å². The van der Waals surface area contributed by atoms with Gasteiger partial charge in [0.2, 0.25) is 5.91 Å². The molecule has 3 nitrogen and oxygen atoms in total. The lowest BCUT2D eigenvalue weighted by Crippen LogP contribution is -2.41. The van der Waals surface area contributed by atoms with Gasteiger partial charge in [0.25, 0.3) is 0 Å². The average Bonchev–Trinajstić information content (AvgIpc) is 3.18. The Morgan fingerprint density at radius 2 is 1.77 bits per heavy atom. The first-order chi connectivity index (χ1) is 14.6. The number of thioether (sulfide) groups is 1. The largest absolute Gasteiger partial charge is 0.325 e. The van der Waals surface area contributed by atoms with E-state index < -0.39 is 0 Å². The van der Waals surface area contributed by atoms with E-state index >= 15 is 0 Å². The number of hydrogen-bond donors (Lipinski definition) is 0. The van der Waals surface area contributed by atoms with Crippen molar-refractivity contribution in [2.24, 2.45) is 5.92 Å². The van der Waals surface area contributed by atoms with Gasteiger partial charge in [0, 0.05) is 25.4 Å². The summed E-state index contributed by atoms with van der Waals surface area (Å²) in [6.07, 6.45) is 0. The van der Waals surface area contributed by atoms with Gasteiger partial charge in [-0.15, -0.1) is 11.8 Å². The Morgan fingerprint density at radius 1 is 1.13 bits per heavy atom. The fourth-order valence-corrected chi connectivity index (χ4v) is 5.26. The summed E-state index contributed by atoms with van der Waals surface area (Å²) in [5, 5.41) is -0.0277. The molecule has 3 rings (SSSR count). The minimum Gasteiger partial charge on any atom is -0.325 e. The monoisotopic (exact) mass is 442 g/mol. The SMILES string of the molecule is CC(C)CN(CC(=O)N1CCS[C@H]1c1ccc(F)cc1)Cc1ccc(C(C)(C)C)cc1. The molecule has 0 aromatic heterocycles. The summed E-state index contributed by atoms with van der Waals surface area (Å²) in [6.45, 7) is 13.8. The van der Waals surface area contributed by atoms with E-state index in [1.54, 1.807) is 23.9 Å². The summed E-state index contributed by atoms with van der Waals surface area (Å²) in [5.41, 5.74) is 3.67. The maximum absolute atomic E-state index is 13.3. The fraction of sp³-hybridized carbons (Fsp3) is 0.500. The summed E-state index contributed by atoms with van der Waals surface area (Å²) in [5.74, 6) is 1.28. The predicted octanol–water partition coefficient (Wildman–Crippen LogP) is 5.86. The van der Waals surface area contributed by atoms with Crippen LogP contribution in [0.5, 0.6) is 0 Å². The van der Waals surface area contributed by atoms with Crippen molar-refractivity contribution >= 4 is 17.7 Å². The van der Waals surface area contributed by atoms with Gasteiger partial charge in [-0.3, -0.25) is 9.69 Å². The van der Waals surface area contributed by atoms with E-state index in [1.807, 2.05) is 4.90 Å². The fourth-order valence-electron chi connectivity index (χ4n) is 3.98. The molecule has 2 aromatic carbocycles. The lowest BCUT2D eigenvalue weighted by Gasteiger charge is -2.29. The van der Waals surface area contributed by atoms with E-state index in [2.05, 4.69) is 63.8 Å². The maximum Gasteiger partial charge on any atom is 0.237 e. The normalized spacial score (nSPS) is 17.0. The van der Waals surface area contributed by atoms with E-state index in [1.165, 1.54) is 23.3 Å². The molecule has 1 aliphatic heterocycles. The van der Waals surface area contributed by atoms with E-state index in [0.29, 0.717) is 12.5 Å². The Bertz CT molecular complexity index is 858. The highest BCUT2D eigenvalue weighted by atomic mass is 32.2. The minimum atomic E-state index is -0.245. The zero-order chi connectivity index (χ0) is 22.6. The van der Waals surface area contributed by atoms with E-state index in [9.17, 15) is 9.18 Å². The number of rotatable bonds is 7. The van der Waals surface area contributed by atoms with Gasteiger partial charge in [0.1, 0.15) is 11.2 Å². The summed E-state index contributed by atoms with van der Waals surface area (Å²) >= 11 is 1.75. The summed E-state index contributed by atoms with van der Waals surface area (Å²) < 4.78 is 13.3. The van der Waals surface area contributed by atoms with Gasteiger partial charge in [-0.1, -0.05) is 71.0 Å². The zero-order valence-electron chi connectivity index (χ0n) is 19.4. The van der Waals surface area contributed by atoms with Crippen molar-refractivity contribution < 1.29 is 9.18 Å². The van der Waals surface area contributed by atoms with Crippen LogP contribution in [-0.4, -0.2) is 41.1 Å². The molecule has 0 spiro atoms. The molecule has 5 heteroatoms. The molecule has 0 radical (unpaired) electrons. The lowest BCUT2D eigenvalue weighted by atomic mass is 9.87. The van der Waals surface area contributed by atoms with Crippen LogP contribution >= 0.6 is 11.8 Å². The molecule has 0 N–H and O–H groups in total. The van der Waals surface area contributed by atoms with Crippen LogP contribution in [0.3, 0.4) is 0 Å². The van der Waals surface area contributed by atoms with Crippen molar-refractivity contribution in [2.75, 3.05) is 25.4 Å². The summed E-state index contributed by atoms with van der Waals surface area (Å²) in [7, 11) is 0. The van der Waals surface area contributed by atoms with Gasteiger partial charge in [0.05, 0.1) is 6.54 Å². The Kier molecular flexibility index (Phi) is 7.82. The molecule has 1 fully saturated rings. The van der Waals surface area contributed by atoms with Crippen LogP contribution in [0.25, 0.3) is 0 Å². The van der Waals surface area contributed by atoms with Crippen molar-refractivity contribution in [1.82, 2.24) is 9.80 Å². The molecule has 1 heterocycles. The van der Waals surface area contributed by atoms with Gasteiger partial charge in [0.15, 0.2) is 0 Å². The molecule has 31 heavy (non-hydrogen) atoms. The van der Waals surface area contributed by atoms with Crippen LogP contribution in [0.15, 0.2) is 48.5 Å². The number of carbonyl (C=O) groups is 1. The van der Waals surface area contributed by atoms with E-state index in [0.717, 1.165) is 31.0 Å². The third-order valence-electron chi connectivity index (χ3n) is 5.57. The van der Waals surface area contributed by atoms with Crippen molar-refractivity contribution in [2.45, 2.75) is 52.0 Å². The van der Waals surface area contributed by atoms with Crippen molar-refractivity contribution in [3.63, 3.8) is 0 Å². The number of carbonyl (C=O) groups excluding carboxylic acids is 1. The maximum atomic E-state index is 13.3. The first-order valence-corrected chi connectivity index (χ1v) is 12.2. The Morgan fingerprint density at radius 3 is 2.35 bits per heavy atom. The quantitative estimate of drug-likeness (QED) is 0.537. The summed E-state index contributed by atoms with van der Waals surface area (Å²) in [4.78, 5) is 17.5. The lowest BCUT2D eigenvalue weighted by molar-refractivity contribution is -0.132. The van der Waals surface area contributed by atoms with Gasteiger partial charge in [-0.2, -0.15) is 0 Å². The molecule has 1 saturated heterocycles. The number of hydrogen-bond acceptors (Lipinski definition) is 3. The molecule has 0 saturated carbocycles. The second kappa shape index (κ2) is 10.2. The van der Waals surface area contributed by atoms with Gasteiger partial charge in [-0.25, -0.2) is 4.39 Å². The molecule has 0 bridgehead atoms. The molecule has 1 aliphatic rings. The van der Waals surface area contributed by atoms with Gasteiger partial charge >= 0.3 is 0 Å². The second-order valence-electron chi connectivity index (χ2n) is 9.87. The highest BCUT2D eigenvalue weighted by Gasteiger charge is 2.31. The van der Waals surface area contributed by atoms with Crippen molar-refractivity contribution in [3.05, 3.63) is 71.0 Å². The molecular formula is C26H35FN2OS. The highest BCUT2D eigenvalue weighted by Crippen LogP contribution is 2.38. The van der Waals surface area contributed by atoms with Crippen LogP contribution in [0.4, 0.5) is 4.39 Å². The topological polar surface area (TPSA) is 23.6 Å². The van der Waals surface area contributed by atoms with Crippen LogP contribution in [0.2, 0.25) is 0 Å². The van der Waals surface area contributed by atoms with Crippen LogP contribution in [0, 0.1) is 11.7 Å². The molecule has 1 amide bonds. The van der Waals surface area contributed by atoms with Gasteiger partial charge < -0.3 is 4.90 Å². The first-order valence-electron chi connectivity index (χ1n) is 11.1. The standard InChI is InChI=1S/C26H35FN2OS/c1-19(2)16-28(17-20-6-10-22(11-7-20)26(3,4)5)18-24(30)29-14-15-31-25(29)21-8-12-23(27)13-9-21/h6-13,19,25H,14-18H2,1-5H3/t25-/m0/s1. The van der Waals surface area contributed by atoms with Crippen molar-refractivity contribution in [1.29, 1.82) is 0 Å². The molecular weight excluding hydrogens is 407 g/mol. The number of benzene rings is 2. The number of halogens is 1. The molecule has 2 aromatic rings. The minimum absolute atomic E-state index is 0.0277. The third-order valence-corrected chi connectivity index (χ3v) is 6.84. The molecule has 0 aliphatic carbocycles. The van der Waals surface area contributed by atoms with E-state index in [4.69, 9.17) is 0 Å². The molecule has 0 unspecified atom stereocenters. The smallest absolute Gasteiger partial charge is 0.237 e. The molecule has 168 valence electrons. The Balaban J connectivity index is 1.69. The van der Waals surface area contributed by atoms with Crippen molar-refractivity contribution in [3.8, 4) is 0 Å². The zero-order valence-corrected chi connectivity index (χ0v) is 20.2. The highest BCUT2D eigenvalue weighted by molar-refractivity contribution is 7.99. The Labute approximate surface area is 191 Å². The predicted molar refractivity (Wildman–Crippen MR) is 129 cm³/mol. The first kappa shape index (κ1) is 23.8. The van der Waals surface area contributed by atoms with Crippen LogP contribution in [0.1, 0.15) is 56.7 Å². The van der Waals surface area contributed by atoms with Crippen LogP contribution in [-0.2, 0) is 16.8 Å².